The van der Waals surface area contributed by atoms with E-state index in [2.05, 4.69) is 20.9 Å². The number of ether oxygens (including phenoxy) is 2. The number of aromatic nitrogens is 1. The van der Waals surface area contributed by atoms with Crippen molar-refractivity contribution >= 4 is 21.6 Å². The number of pyridine rings is 1. The van der Waals surface area contributed by atoms with E-state index in [9.17, 15) is 10.1 Å². The summed E-state index contributed by atoms with van der Waals surface area (Å²) >= 11 is 3.29. The zero-order valence-electron chi connectivity index (χ0n) is 10.6. The molecule has 6 nitrogen and oxygen atoms in total. The van der Waals surface area contributed by atoms with Gasteiger partial charge in [0.2, 0.25) is 0 Å². The van der Waals surface area contributed by atoms with Gasteiger partial charge in [-0.2, -0.15) is 0 Å². The molecule has 0 aliphatic carbocycles. The van der Waals surface area contributed by atoms with Gasteiger partial charge in [0, 0.05) is 16.7 Å². The van der Waals surface area contributed by atoms with Gasteiger partial charge < -0.3 is 9.47 Å². The van der Waals surface area contributed by atoms with Crippen LogP contribution in [0.3, 0.4) is 0 Å². The standard InChI is InChI=1S/C13H11BrN2O4/c1-19-12-3-9(2-11(5-12)16(17)18)8-20-13-4-10(14)6-15-7-13/h2-7H,8H2,1H3. The molecule has 0 radical (unpaired) electrons. The summed E-state index contributed by atoms with van der Waals surface area (Å²) in [7, 11) is 1.46. The number of hydrogen-bond donors (Lipinski definition) is 0. The molecule has 1 aromatic heterocycles. The topological polar surface area (TPSA) is 74.5 Å². The Morgan fingerprint density at radius 3 is 2.70 bits per heavy atom. The highest BCUT2D eigenvalue weighted by Crippen LogP contribution is 2.24. The van der Waals surface area contributed by atoms with E-state index in [0.717, 1.165) is 4.47 Å². The van der Waals surface area contributed by atoms with Crippen LogP contribution in [0.4, 0.5) is 5.69 Å². The lowest BCUT2D eigenvalue weighted by atomic mass is 10.2. The molecule has 0 N–H and O–H groups in total. The van der Waals surface area contributed by atoms with Gasteiger partial charge in [0.25, 0.3) is 5.69 Å². The lowest BCUT2D eigenvalue weighted by molar-refractivity contribution is -0.385. The minimum Gasteiger partial charge on any atom is -0.496 e. The molecule has 7 heteroatoms. The minimum absolute atomic E-state index is 0.0321. The molecule has 0 aliphatic heterocycles. The minimum atomic E-state index is -0.466. The van der Waals surface area contributed by atoms with Gasteiger partial charge in [0.15, 0.2) is 0 Å². The second-order valence-corrected chi connectivity index (χ2v) is 4.84. The van der Waals surface area contributed by atoms with Crippen LogP contribution < -0.4 is 9.47 Å². The average molecular weight is 339 g/mol. The van der Waals surface area contributed by atoms with Crippen LogP contribution in [0.1, 0.15) is 5.56 Å². The van der Waals surface area contributed by atoms with E-state index in [0.29, 0.717) is 17.1 Å². The first-order chi connectivity index (χ1) is 9.58. The van der Waals surface area contributed by atoms with E-state index in [1.54, 1.807) is 24.5 Å². The number of nitrogens with zero attached hydrogens (tertiary/aromatic N) is 2. The summed E-state index contributed by atoms with van der Waals surface area (Å²) in [5, 5.41) is 10.8. The molecule has 2 aromatic rings. The molecule has 0 spiro atoms. The molecule has 1 heterocycles. The summed E-state index contributed by atoms with van der Waals surface area (Å²) in [4.78, 5) is 14.3. The Kier molecular flexibility index (Phi) is 4.52. The third-order valence-corrected chi connectivity index (χ3v) is 2.92. The van der Waals surface area contributed by atoms with Crippen LogP contribution >= 0.6 is 15.9 Å². The zero-order chi connectivity index (χ0) is 14.5. The lowest BCUT2D eigenvalue weighted by Gasteiger charge is -2.08. The summed E-state index contributed by atoms with van der Waals surface area (Å²) in [5.41, 5.74) is 0.617. The van der Waals surface area contributed by atoms with Gasteiger partial charge in [-0.1, -0.05) is 0 Å². The Morgan fingerprint density at radius 2 is 2.05 bits per heavy atom. The summed E-state index contributed by atoms with van der Waals surface area (Å²) in [6.07, 6.45) is 3.21. The van der Waals surface area contributed by atoms with Gasteiger partial charge in [-0.05, 0) is 33.6 Å². The number of methoxy groups -OCH3 is 1. The Bertz CT molecular complexity index is 634. The molecule has 0 saturated heterocycles. The van der Waals surface area contributed by atoms with Crippen LogP contribution in [0.25, 0.3) is 0 Å². The number of nitro benzene ring substituents is 1. The molecular weight excluding hydrogens is 328 g/mol. The van der Waals surface area contributed by atoms with Crippen LogP contribution in [0, 0.1) is 10.1 Å². The molecule has 0 fully saturated rings. The lowest BCUT2D eigenvalue weighted by Crippen LogP contribution is -1.98. The Morgan fingerprint density at radius 1 is 1.25 bits per heavy atom. The SMILES string of the molecule is COc1cc(COc2cncc(Br)c2)cc([N+](=O)[O-])c1. The molecule has 2 rings (SSSR count). The van der Waals surface area contributed by atoms with Gasteiger partial charge in [-0.25, -0.2) is 0 Å². The van der Waals surface area contributed by atoms with Crippen LogP contribution in [-0.2, 0) is 6.61 Å². The number of benzene rings is 1. The normalized spacial score (nSPS) is 10.1. The monoisotopic (exact) mass is 338 g/mol. The predicted molar refractivity (Wildman–Crippen MR) is 75.9 cm³/mol. The first kappa shape index (κ1) is 14.3. The third-order valence-electron chi connectivity index (χ3n) is 2.48. The van der Waals surface area contributed by atoms with E-state index >= 15 is 0 Å². The van der Waals surface area contributed by atoms with E-state index in [-0.39, 0.29) is 12.3 Å². The van der Waals surface area contributed by atoms with E-state index in [4.69, 9.17) is 9.47 Å². The van der Waals surface area contributed by atoms with E-state index in [1.807, 2.05) is 0 Å². The van der Waals surface area contributed by atoms with Crippen molar-refractivity contribution in [1.29, 1.82) is 0 Å². The van der Waals surface area contributed by atoms with Crippen molar-refractivity contribution in [1.82, 2.24) is 4.98 Å². The molecule has 0 bridgehead atoms. The maximum absolute atomic E-state index is 10.8. The van der Waals surface area contributed by atoms with Gasteiger partial charge in [-0.15, -0.1) is 0 Å². The van der Waals surface area contributed by atoms with Crippen LogP contribution in [0.2, 0.25) is 0 Å². The van der Waals surface area contributed by atoms with Crippen LogP contribution in [0.15, 0.2) is 41.1 Å². The van der Waals surface area contributed by atoms with Gasteiger partial charge in [-0.3, -0.25) is 15.1 Å². The van der Waals surface area contributed by atoms with Crippen molar-refractivity contribution in [3.05, 3.63) is 56.8 Å². The van der Waals surface area contributed by atoms with E-state index < -0.39 is 4.92 Å². The predicted octanol–water partition coefficient (Wildman–Crippen LogP) is 3.34. The Balaban J connectivity index is 2.16. The smallest absolute Gasteiger partial charge is 0.273 e. The van der Waals surface area contributed by atoms with Gasteiger partial charge >= 0.3 is 0 Å². The highest BCUT2D eigenvalue weighted by Gasteiger charge is 2.10. The highest BCUT2D eigenvalue weighted by atomic mass is 79.9. The highest BCUT2D eigenvalue weighted by molar-refractivity contribution is 9.10. The molecule has 0 aliphatic rings. The average Bonchev–Trinajstić information content (AvgIpc) is 2.45. The Hall–Kier alpha value is -2.15. The molecule has 20 heavy (non-hydrogen) atoms. The number of nitro groups is 1. The van der Waals surface area contributed by atoms with Crippen molar-refractivity contribution in [3.63, 3.8) is 0 Å². The van der Waals surface area contributed by atoms with Crippen LogP contribution in [-0.4, -0.2) is 17.0 Å². The van der Waals surface area contributed by atoms with E-state index in [1.165, 1.54) is 19.2 Å². The molecule has 0 unspecified atom stereocenters. The van der Waals surface area contributed by atoms with Crippen molar-refractivity contribution in [3.8, 4) is 11.5 Å². The third kappa shape index (κ3) is 3.67. The summed E-state index contributed by atoms with van der Waals surface area (Å²) < 4.78 is 11.4. The molecule has 0 amide bonds. The van der Waals surface area contributed by atoms with Crippen molar-refractivity contribution < 1.29 is 14.4 Å². The number of non-ortho nitro benzene ring substituents is 1. The van der Waals surface area contributed by atoms with Crippen molar-refractivity contribution in [2.75, 3.05) is 7.11 Å². The number of hydrogen-bond acceptors (Lipinski definition) is 5. The molecule has 0 saturated carbocycles. The first-order valence-corrected chi connectivity index (χ1v) is 6.43. The van der Waals surface area contributed by atoms with Gasteiger partial charge in [0.05, 0.1) is 24.3 Å². The molecule has 104 valence electrons. The number of rotatable bonds is 5. The quantitative estimate of drug-likeness (QED) is 0.617. The zero-order valence-corrected chi connectivity index (χ0v) is 12.2. The number of halogens is 1. The maximum atomic E-state index is 10.8. The molecular formula is C13H11BrN2O4. The second kappa shape index (κ2) is 6.33. The van der Waals surface area contributed by atoms with Crippen LogP contribution in [0.5, 0.6) is 11.5 Å². The fourth-order valence-electron chi connectivity index (χ4n) is 1.59. The van der Waals surface area contributed by atoms with Crippen molar-refractivity contribution in [2.24, 2.45) is 0 Å². The Labute approximate surface area is 123 Å². The fourth-order valence-corrected chi connectivity index (χ4v) is 1.93. The summed E-state index contributed by atoms with van der Waals surface area (Å²) in [6.45, 7) is 0.191. The summed E-state index contributed by atoms with van der Waals surface area (Å²) in [5.74, 6) is 0.995. The maximum Gasteiger partial charge on any atom is 0.273 e. The largest absolute Gasteiger partial charge is 0.496 e. The molecule has 0 atom stereocenters. The fraction of sp³-hybridized carbons (Fsp3) is 0.154. The van der Waals surface area contributed by atoms with Crippen molar-refractivity contribution in [2.45, 2.75) is 6.61 Å². The van der Waals surface area contributed by atoms with Gasteiger partial charge in [0.1, 0.15) is 18.1 Å². The second-order valence-electron chi connectivity index (χ2n) is 3.92. The molecule has 1 aromatic carbocycles. The summed E-state index contributed by atoms with van der Waals surface area (Å²) in [6, 6.07) is 6.28. The first-order valence-electron chi connectivity index (χ1n) is 5.64.